The zero-order valence-corrected chi connectivity index (χ0v) is 13.5. The van der Waals surface area contributed by atoms with Crippen molar-refractivity contribution >= 4 is 22.7 Å². The lowest BCUT2D eigenvalue weighted by Gasteiger charge is -2.41. The van der Waals surface area contributed by atoms with Crippen molar-refractivity contribution in [2.24, 2.45) is 0 Å². The molecule has 0 radical (unpaired) electrons. The van der Waals surface area contributed by atoms with Gasteiger partial charge in [0.2, 0.25) is 0 Å². The summed E-state index contributed by atoms with van der Waals surface area (Å²) in [4.78, 5) is 25.4. The van der Waals surface area contributed by atoms with E-state index in [1.165, 1.54) is 6.07 Å². The average molecular weight is 316 g/mol. The number of nitrogens with zero attached hydrogens (tertiary/aromatic N) is 1. The molecule has 0 spiro atoms. The number of morpholine rings is 1. The molecule has 0 bridgehead atoms. The van der Waals surface area contributed by atoms with Gasteiger partial charge in [-0.3, -0.25) is 0 Å². The average Bonchev–Trinajstić information content (AvgIpc) is 2.45. The van der Waals surface area contributed by atoms with Gasteiger partial charge in [0, 0.05) is 23.7 Å². The first kappa shape index (κ1) is 15.6. The van der Waals surface area contributed by atoms with E-state index in [1.54, 1.807) is 29.2 Å². The lowest BCUT2D eigenvalue weighted by molar-refractivity contribution is -0.116. The molecule has 1 N–H and O–H groups in total. The summed E-state index contributed by atoms with van der Waals surface area (Å²) in [6.07, 6.45) is -0.00428. The van der Waals surface area contributed by atoms with E-state index >= 15 is 0 Å². The number of carbonyl (C=O) groups is 1. The van der Waals surface area contributed by atoms with Crippen molar-refractivity contribution in [1.82, 2.24) is 4.90 Å². The van der Waals surface area contributed by atoms with Crippen LogP contribution in [0.1, 0.15) is 20.8 Å². The van der Waals surface area contributed by atoms with Crippen LogP contribution >= 0.6 is 0 Å². The van der Waals surface area contributed by atoms with E-state index in [0.29, 0.717) is 24.4 Å². The number of benzene rings is 1. The van der Waals surface area contributed by atoms with Crippen LogP contribution < -0.4 is 10.9 Å². The summed E-state index contributed by atoms with van der Waals surface area (Å²) in [7, 11) is 0. The Hall–Kier alpha value is -2.34. The van der Waals surface area contributed by atoms with Crippen LogP contribution in [0.25, 0.3) is 11.0 Å². The van der Waals surface area contributed by atoms with Crippen molar-refractivity contribution in [3.63, 3.8) is 0 Å². The maximum atomic E-state index is 12.5. The number of hydrogen-bond acceptors (Lipinski definition) is 4. The number of rotatable bonds is 1. The molecule has 0 saturated carbocycles. The summed E-state index contributed by atoms with van der Waals surface area (Å²) in [6, 6.07) is 8.06. The molecule has 122 valence electrons. The molecule has 2 heterocycles. The zero-order valence-electron chi connectivity index (χ0n) is 13.5. The lowest BCUT2D eigenvalue weighted by Crippen LogP contribution is -2.54. The van der Waals surface area contributed by atoms with E-state index in [0.717, 1.165) is 5.39 Å². The molecule has 0 aliphatic carbocycles. The lowest BCUT2D eigenvalue weighted by atomic mass is 10.1. The molecule has 1 aromatic carbocycles. The van der Waals surface area contributed by atoms with Gasteiger partial charge < -0.3 is 19.4 Å². The van der Waals surface area contributed by atoms with Gasteiger partial charge in [-0.25, -0.2) is 9.59 Å². The Labute approximate surface area is 134 Å². The van der Waals surface area contributed by atoms with E-state index in [4.69, 9.17) is 9.15 Å². The highest BCUT2D eigenvalue weighted by Crippen LogP contribution is 2.22. The van der Waals surface area contributed by atoms with Crippen LogP contribution in [0.3, 0.4) is 0 Å². The third-order valence-corrected chi connectivity index (χ3v) is 3.73. The fraction of sp³-hybridized carbons (Fsp3) is 0.412. The molecule has 1 fully saturated rings. The Bertz CT molecular complexity index is 797. The maximum absolute atomic E-state index is 12.5. The fourth-order valence-corrected chi connectivity index (χ4v) is 2.96. The molecule has 1 aromatic heterocycles. The minimum absolute atomic E-state index is 0.00428. The summed E-state index contributed by atoms with van der Waals surface area (Å²) in [5, 5.41) is 3.65. The van der Waals surface area contributed by atoms with E-state index in [1.807, 2.05) is 20.8 Å². The maximum Gasteiger partial charge on any atom is 0.336 e. The molecule has 23 heavy (non-hydrogen) atoms. The minimum Gasteiger partial charge on any atom is -0.423 e. The van der Waals surface area contributed by atoms with Crippen LogP contribution in [0.5, 0.6) is 0 Å². The first-order valence-electron chi connectivity index (χ1n) is 7.60. The molecule has 2 aromatic rings. The van der Waals surface area contributed by atoms with Crippen LogP contribution in [-0.2, 0) is 4.74 Å². The summed E-state index contributed by atoms with van der Waals surface area (Å²) in [5.41, 5.74) is 0.408. The Kier molecular flexibility index (Phi) is 3.85. The molecule has 2 amide bonds. The third-order valence-electron chi connectivity index (χ3n) is 3.73. The predicted molar refractivity (Wildman–Crippen MR) is 87.7 cm³/mol. The van der Waals surface area contributed by atoms with E-state index in [2.05, 4.69) is 5.32 Å². The third kappa shape index (κ3) is 3.53. The van der Waals surface area contributed by atoms with Crippen molar-refractivity contribution in [1.29, 1.82) is 0 Å². The van der Waals surface area contributed by atoms with E-state index < -0.39 is 0 Å². The van der Waals surface area contributed by atoms with Gasteiger partial charge in [0.05, 0.1) is 18.2 Å². The summed E-state index contributed by atoms with van der Waals surface area (Å²) in [5.74, 6) is 0. The molecule has 6 nitrogen and oxygen atoms in total. The topological polar surface area (TPSA) is 71.8 Å². The predicted octanol–water partition coefficient (Wildman–Crippen LogP) is 2.82. The monoisotopic (exact) mass is 316 g/mol. The van der Waals surface area contributed by atoms with E-state index in [9.17, 15) is 9.59 Å². The van der Waals surface area contributed by atoms with Crippen molar-refractivity contribution < 1.29 is 13.9 Å². The largest absolute Gasteiger partial charge is 0.423 e. The summed E-state index contributed by atoms with van der Waals surface area (Å²) < 4.78 is 10.9. The van der Waals surface area contributed by atoms with Crippen LogP contribution in [0.2, 0.25) is 0 Å². The molecule has 1 atom stereocenters. The highest BCUT2D eigenvalue weighted by Gasteiger charge is 2.33. The van der Waals surface area contributed by atoms with Crippen LogP contribution in [0.4, 0.5) is 10.5 Å². The summed E-state index contributed by atoms with van der Waals surface area (Å²) in [6.45, 7) is 6.99. The van der Waals surface area contributed by atoms with Gasteiger partial charge in [0.1, 0.15) is 5.58 Å². The van der Waals surface area contributed by atoms with Crippen molar-refractivity contribution in [3.8, 4) is 0 Å². The molecule has 1 saturated heterocycles. The number of amides is 2. The van der Waals surface area contributed by atoms with Gasteiger partial charge in [-0.15, -0.1) is 0 Å². The van der Waals surface area contributed by atoms with Gasteiger partial charge in [0.25, 0.3) is 0 Å². The van der Waals surface area contributed by atoms with Crippen LogP contribution in [0, 0.1) is 0 Å². The Morgan fingerprint density at radius 3 is 2.83 bits per heavy atom. The van der Waals surface area contributed by atoms with Gasteiger partial charge in [0.15, 0.2) is 0 Å². The summed E-state index contributed by atoms with van der Waals surface area (Å²) >= 11 is 0. The molecule has 1 aliphatic heterocycles. The van der Waals surface area contributed by atoms with Gasteiger partial charge in [-0.05, 0) is 45.0 Å². The second-order valence-corrected chi connectivity index (χ2v) is 6.51. The van der Waals surface area contributed by atoms with Crippen molar-refractivity contribution in [2.75, 3.05) is 18.4 Å². The number of carbonyl (C=O) groups excluding carboxylic acids is 1. The standard InChI is InChI=1S/C17H20N2O4/c1-11-9-19(10-17(2,3)23-11)16(21)18-13-5-6-14-12(8-13)4-7-15(20)22-14/h4-8,11H,9-10H2,1-3H3,(H,18,21)/t11-/m0/s1. The van der Waals surface area contributed by atoms with Gasteiger partial charge in [-0.1, -0.05) is 0 Å². The van der Waals surface area contributed by atoms with Crippen LogP contribution in [0.15, 0.2) is 39.5 Å². The highest BCUT2D eigenvalue weighted by atomic mass is 16.5. The number of urea groups is 1. The number of hydrogen-bond donors (Lipinski definition) is 1. The van der Waals surface area contributed by atoms with E-state index in [-0.39, 0.29) is 23.4 Å². The first-order valence-corrected chi connectivity index (χ1v) is 7.60. The molecular formula is C17H20N2O4. The second kappa shape index (κ2) is 5.70. The molecule has 3 rings (SSSR count). The zero-order chi connectivity index (χ0) is 16.6. The minimum atomic E-state index is -0.390. The normalized spacial score (nSPS) is 20.5. The smallest absolute Gasteiger partial charge is 0.336 e. The Balaban J connectivity index is 1.77. The quantitative estimate of drug-likeness (QED) is 0.821. The number of nitrogens with one attached hydrogen (secondary N) is 1. The highest BCUT2D eigenvalue weighted by molar-refractivity contribution is 5.92. The van der Waals surface area contributed by atoms with Crippen LogP contribution in [-0.4, -0.2) is 35.7 Å². The molecular weight excluding hydrogens is 296 g/mol. The SMILES string of the molecule is C[C@H]1CN(C(=O)Nc2ccc3oc(=O)ccc3c2)CC(C)(C)O1. The Morgan fingerprint density at radius 1 is 1.30 bits per heavy atom. The molecule has 6 heteroatoms. The van der Waals surface area contributed by atoms with Gasteiger partial charge in [-0.2, -0.15) is 0 Å². The fourth-order valence-electron chi connectivity index (χ4n) is 2.96. The van der Waals surface area contributed by atoms with Crippen molar-refractivity contribution in [2.45, 2.75) is 32.5 Å². The van der Waals surface area contributed by atoms with Gasteiger partial charge >= 0.3 is 11.7 Å². The Morgan fingerprint density at radius 2 is 2.09 bits per heavy atom. The number of fused-ring (bicyclic) bond motifs is 1. The first-order chi connectivity index (χ1) is 10.8. The number of anilines is 1. The second-order valence-electron chi connectivity index (χ2n) is 6.51. The number of ether oxygens (including phenoxy) is 1. The molecule has 0 unspecified atom stereocenters. The molecule has 1 aliphatic rings. The van der Waals surface area contributed by atoms with Crippen molar-refractivity contribution in [3.05, 3.63) is 40.8 Å².